The number of ether oxygens (including phenoxy) is 1. The summed E-state index contributed by atoms with van der Waals surface area (Å²) in [5.41, 5.74) is 5.63. The van der Waals surface area contributed by atoms with Crippen molar-refractivity contribution in [1.29, 1.82) is 0 Å². The average molecular weight is 466 g/mol. The minimum Gasteiger partial charge on any atom is -0.487 e. The first-order valence-electron chi connectivity index (χ1n) is 12.0. The number of H-pyrrole nitrogens is 1. The average Bonchev–Trinajstić information content (AvgIpc) is 3.51. The summed E-state index contributed by atoms with van der Waals surface area (Å²) in [7, 11) is 0. The number of hydrogen-bond donors (Lipinski definition) is 1. The molecule has 3 aromatic heterocycles. The molecule has 1 saturated heterocycles. The molecule has 6 rings (SSSR count). The lowest BCUT2D eigenvalue weighted by Crippen LogP contribution is -2.39. The largest absolute Gasteiger partial charge is 0.487 e. The second kappa shape index (κ2) is 8.91. The molecule has 0 radical (unpaired) electrons. The highest BCUT2D eigenvalue weighted by atomic mass is 16.5. The topological polar surface area (TPSA) is 75.5 Å². The summed E-state index contributed by atoms with van der Waals surface area (Å²) in [5, 5.41) is 0. The van der Waals surface area contributed by atoms with Crippen molar-refractivity contribution in [2.45, 2.75) is 32.3 Å². The summed E-state index contributed by atoms with van der Waals surface area (Å²) in [6, 6.07) is 19.5. The van der Waals surface area contributed by atoms with Crippen molar-refractivity contribution >= 4 is 22.6 Å². The Bertz CT molecular complexity index is 1470. The summed E-state index contributed by atoms with van der Waals surface area (Å²) in [5.74, 6) is 1.95. The van der Waals surface area contributed by atoms with E-state index >= 15 is 0 Å². The van der Waals surface area contributed by atoms with Crippen LogP contribution in [0.4, 0.5) is 0 Å². The molecule has 0 saturated carbocycles. The van der Waals surface area contributed by atoms with Crippen molar-refractivity contribution in [3.05, 3.63) is 95.7 Å². The molecule has 35 heavy (non-hydrogen) atoms. The summed E-state index contributed by atoms with van der Waals surface area (Å²) in [6.45, 7) is 3.87. The van der Waals surface area contributed by atoms with Gasteiger partial charge in [-0.1, -0.05) is 18.2 Å². The maximum Gasteiger partial charge on any atom is 0.253 e. The van der Waals surface area contributed by atoms with Gasteiger partial charge in [-0.05, 0) is 67.8 Å². The van der Waals surface area contributed by atoms with Gasteiger partial charge >= 0.3 is 0 Å². The Balaban J connectivity index is 1.10. The van der Waals surface area contributed by atoms with E-state index in [0.717, 1.165) is 47.6 Å². The smallest absolute Gasteiger partial charge is 0.253 e. The normalized spacial score (nSPS) is 16.1. The van der Waals surface area contributed by atoms with Gasteiger partial charge in [-0.15, -0.1) is 0 Å². The fraction of sp³-hybridized carbons (Fsp3) is 0.250. The molecule has 1 unspecified atom stereocenters. The van der Waals surface area contributed by atoms with Crippen LogP contribution in [-0.4, -0.2) is 43.2 Å². The summed E-state index contributed by atoms with van der Waals surface area (Å²) in [6.07, 6.45) is 6.02. The Morgan fingerprint density at radius 1 is 1.06 bits per heavy atom. The maximum atomic E-state index is 13.2. The van der Waals surface area contributed by atoms with Gasteiger partial charge in [0.1, 0.15) is 23.8 Å². The van der Waals surface area contributed by atoms with E-state index in [-0.39, 0.29) is 11.8 Å². The van der Waals surface area contributed by atoms with Crippen LogP contribution in [0, 0.1) is 6.92 Å². The number of para-hydroxylation sites is 2. The van der Waals surface area contributed by atoms with Crippen molar-refractivity contribution in [3.63, 3.8) is 0 Å². The number of aromatic amines is 1. The highest BCUT2D eigenvalue weighted by molar-refractivity contribution is 5.94. The third kappa shape index (κ3) is 4.37. The zero-order valence-corrected chi connectivity index (χ0v) is 19.6. The second-order valence-electron chi connectivity index (χ2n) is 9.25. The van der Waals surface area contributed by atoms with Crippen LogP contribution in [0.2, 0.25) is 0 Å². The van der Waals surface area contributed by atoms with E-state index in [1.807, 2.05) is 82.4 Å². The van der Waals surface area contributed by atoms with E-state index in [0.29, 0.717) is 24.5 Å². The van der Waals surface area contributed by atoms with Crippen LogP contribution in [0.1, 0.15) is 46.2 Å². The second-order valence-corrected chi connectivity index (χ2v) is 9.25. The molecule has 1 N–H and O–H groups in total. The molecular weight excluding hydrogens is 438 g/mol. The molecule has 176 valence electrons. The number of aromatic nitrogens is 4. The van der Waals surface area contributed by atoms with Gasteiger partial charge in [-0.2, -0.15) is 0 Å². The van der Waals surface area contributed by atoms with Gasteiger partial charge in [0.25, 0.3) is 5.91 Å². The lowest BCUT2D eigenvalue weighted by molar-refractivity contribution is 0.0705. The molecule has 7 nitrogen and oxygen atoms in total. The Hall–Kier alpha value is -4.13. The first-order valence-corrected chi connectivity index (χ1v) is 12.0. The molecular formula is C28H27N5O2. The number of amides is 1. The fourth-order valence-corrected chi connectivity index (χ4v) is 4.81. The number of hydrogen-bond acceptors (Lipinski definition) is 4. The Morgan fingerprint density at radius 3 is 2.77 bits per heavy atom. The minimum absolute atomic E-state index is 0.0491. The molecule has 0 aliphatic carbocycles. The number of benzene rings is 2. The molecule has 1 fully saturated rings. The van der Waals surface area contributed by atoms with Crippen LogP contribution < -0.4 is 4.74 Å². The van der Waals surface area contributed by atoms with Crippen molar-refractivity contribution in [3.8, 4) is 5.75 Å². The molecule has 4 heterocycles. The van der Waals surface area contributed by atoms with Crippen molar-refractivity contribution in [2.75, 3.05) is 13.1 Å². The number of likely N-dealkylation sites (tertiary alicyclic amines) is 1. The van der Waals surface area contributed by atoms with Gasteiger partial charge in [0.2, 0.25) is 0 Å². The first-order chi connectivity index (χ1) is 17.1. The van der Waals surface area contributed by atoms with E-state index in [2.05, 4.69) is 16.9 Å². The lowest BCUT2D eigenvalue weighted by Gasteiger charge is -2.32. The van der Waals surface area contributed by atoms with Crippen LogP contribution in [0.5, 0.6) is 5.75 Å². The Morgan fingerprint density at radius 2 is 1.91 bits per heavy atom. The monoisotopic (exact) mass is 465 g/mol. The van der Waals surface area contributed by atoms with Crippen LogP contribution in [0.3, 0.4) is 0 Å². The number of pyridine rings is 1. The number of fused-ring (bicyclic) bond motifs is 2. The van der Waals surface area contributed by atoms with Crippen molar-refractivity contribution < 1.29 is 9.53 Å². The van der Waals surface area contributed by atoms with Gasteiger partial charge in [-0.3, -0.25) is 4.79 Å². The van der Waals surface area contributed by atoms with Gasteiger partial charge < -0.3 is 19.0 Å². The number of nitrogens with one attached hydrogen (secondary N) is 1. The highest BCUT2D eigenvalue weighted by Gasteiger charge is 2.27. The third-order valence-corrected chi connectivity index (χ3v) is 6.64. The minimum atomic E-state index is 0.0491. The van der Waals surface area contributed by atoms with Crippen LogP contribution in [-0.2, 0) is 6.61 Å². The number of piperidine rings is 1. The molecule has 0 bridgehead atoms. The molecule has 0 spiro atoms. The molecule has 1 aliphatic rings. The van der Waals surface area contributed by atoms with Crippen molar-refractivity contribution in [2.24, 2.45) is 0 Å². The molecule has 1 atom stereocenters. The van der Waals surface area contributed by atoms with E-state index in [1.54, 1.807) is 0 Å². The van der Waals surface area contributed by atoms with Crippen LogP contribution >= 0.6 is 0 Å². The third-order valence-electron chi connectivity index (χ3n) is 6.64. The first kappa shape index (κ1) is 21.4. The van der Waals surface area contributed by atoms with Gasteiger partial charge in [0.15, 0.2) is 0 Å². The van der Waals surface area contributed by atoms with Crippen LogP contribution in [0.25, 0.3) is 16.7 Å². The number of carbonyl (C=O) groups is 1. The SMILES string of the molecule is Cc1ccc2nc(COc3ccc(C(=O)N4CCCC(c5nc6ccccc6[nH]5)C4)cc3)cn2c1. The van der Waals surface area contributed by atoms with Crippen LogP contribution in [0.15, 0.2) is 73.1 Å². The Labute approximate surface area is 203 Å². The molecule has 1 amide bonds. The summed E-state index contributed by atoms with van der Waals surface area (Å²) in [4.78, 5) is 27.9. The van der Waals surface area contributed by atoms with E-state index in [1.165, 1.54) is 5.56 Å². The number of nitrogens with zero attached hydrogens (tertiary/aromatic N) is 4. The van der Waals surface area contributed by atoms with Crippen molar-refractivity contribution in [1.82, 2.24) is 24.3 Å². The quantitative estimate of drug-likeness (QED) is 0.391. The van der Waals surface area contributed by atoms with E-state index in [9.17, 15) is 4.79 Å². The molecule has 2 aromatic carbocycles. The molecule has 7 heteroatoms. The van der Waals surface area contributed by atoms with E-state index < -0.39 is 0 Å². The summed E-state index contributed by atoms with van der Waals surface area (Å²) < 4.78 is 7.93. The predicted molar refractivity (Wildman–Crippen MR) is 135 cm³/mol. The maximum absolute atomic E-state index is 13.2. The fourth-order valence-electron chi connectivity index (χ4n) is 4.81. The zero-order chi connectivity index (χ0) is 23.8. The van der Waals surface area contributed by atoms with Gasteiger partial charge in [0, 0.05) is 37.0 Å². The zero-order valence-electron chi connectivity index (χ0n) is 19.6. The molecule has 1 aliphatic heterocycles. The van der Waals surface area contributed by atoms with Gasteiger partial charge in [-0.25, -0.2) is 9.97 Å². The lowest BCUT2D eigenvalue weighted by atomic mass is 9.96. The Kier molecular flexibility index (Phi) is 5.45. The highest BCUT2D eigenvalue weighted by Crippen LogP contribution is 2.28. The molecule has 5 aromatic rings. The number of imidazole rings is 2. The summed E-state index contributed by atoms with van der Waals surface area (Å²) >= 11 is 0. The van der Waals surface area contributed by atoms with E-state index in [4.69, 9.17) is 9.72 Å². The predicted octanol–water partition coefficient (Wildman–Crippen LogP) is 5.12. The standard InChI is InChI=1S/C28H27N5O2/c1-19-8-13-26-29-22(17-33(26)15-19)18-35-23-11-9-20(10-12-23)28(34)32-14-4-5-21(16-32)27-30-24-6-2-3-7-25(24)31-27/h2-3,6-13,15,17,21H,4-5,14,16,18H2,1H3,(H,30,31). The van der Waals surface area contributed by atoms with Gasteiger partial charge in [0.05, 0.1) is 16.7 Å². The number of rotatable bonds is 5. The number of aryl methyl sites for hydroxylation is 1. The number of carbonyl (C=O) groups excluding carboxylic acids is 1.